The monoisotopic (exact) mass is 351 g/mol. The average molecular weight is 352 g/mol. The van der Waals surface area contributed by atoms with E-state index in [9.17, 15) is 0 Å². The van der Waals surface area contributed by atoms with Crippen molar-refractivity contribution in [1.29, 1.82) is 0 Å². The van der Waals surface area contributed by atoms with Crippen LogP contribution in [0.25, 0.3) is 0 Å². The van der Waals surface area contributed by atoms with Crippen LogP contribution in [0.4, 0.5) is 0 Å². The van der Waals surface area contributed by atoms with Gasteiger partial charge in [0.2, 0.25) is 0 Å². The number of rotatable bonds is 7. The summed E-state index contributed by atoms with van der Waals surface area (Å²) in [6, 6.07) is 5.94. The highest BCUT2D eigenvalue weighted by Crippen LogP contribution is 2.38. The lowest BCUT2D eigenvalue weighted by Gasteiger charge is -2.09. The third-order valence-electron chi connectivity index (χ3n) is 3.37. The highest BCUT2D eigenvalue weighted by atomic mass is 79.9. The van der Waals surface area contributed by atoms with Gasteiger partial charge in [-0.3, -0.25) is 0 Å². The number of nitrogens with one attached hydrogen (secondary N) is 1. The first-order valence-electron chi connectivity index (χ1n) is 7.20. The molecule has 21 heavy (non-hydrogen) atoms. The van der Waals surface area contributed by atoms with Crippen LogP contribution >= 0.6 is 15.9 Å². The minimum absolute atomic E-state index is 0.308. The summed E-state index contributed by atoms with van der Waals surface area (Å²) >= 11 is 3.55. The SMILES string of the molecule is CCNCc1cc(OCc2nc(C3CC3)no2)ccc1Br. The second-order valence-electron chi connectivity index (χ2n) is 5.14. The molecule has 0 spiro atoms. The number of hydrogen-bond donors (Lipinski definition) is 1. The lowest BCUT2D eigenvalue weighted by Crippen LogP contribution is -2.12. The molecule has 1 aromatic heterocycles. The van der Waals surface area contributed by atoms with Gasteiger partial charge in [-0.2, -0.15) is 4.98 Å². The predicted octanol–water partition coefficient (Wildman–Crippen LogP) is 3.40. The topological polar surface area (TPSA) is 60.2 Å². The molecule has 0 unspecified atom stereocenters. The zero-order valence-electron chi connectivity index (χ0n) is 11.9. The van der Waals surface area contributed by atoms with Crippen LogP contribution < -0.4 is 10.1 Å². The Morgan fingerprint density at radius 3 is 3.05 bits per heavy atom. The van der Waals surface area contributed by atoms with Crippen molar-refractivity contribution in [2.45, 2.75) is 38.8 Å². The van der Waals surface area contributed by atoms with Gasteiger partial charge in [0.15, 0.2) is 12.4 Å². The zero-order chi connectivity index (χ0) is 14.7. The van der Waals surface area contributed by atoms with E-state index in [-0.39, 0.29) is 0 Å². The van der Waals surface area contributed by atoms with Crippen LogP contribution in [-0.2, 0) is 13.2 Å². The lowest BCUT2D eigenvalue weighted by atomic mass is 10.2. The second kappa shape index (κ2) is 6.58. The molecule has 0 radical (unpaired) electrons. The van der Waals surface area contributed by atoms with E-state index in [0.29, 0.717) is 18.4 Å². The van der Waals surface area contributed by atoms with Gasteiger partial charge in [0.05, 0.1) is 0 Å². The van der Waals surface area contributed by atoms with Crippen LogP contribution in [0.3, 0.4) is 0 Å². The van der Waals surface area contributed by atoms with E-state index in [2.05, 4.69) is 38.3 Å². The molecule has 1 saturated carbocycles. The highest BCUT2D eigenvalue weighted by Gasteiger charge is 2.28. The van der Waals surface area contributed by atoms with Crippen LogP contribution in [0.1, 0.15) is 43.0 Å². The summed E-state index contributed by atoms with van der Waals surface area (Å²) in [6.45, 7) is 4.13. The Hall–Kier alpha value is -1.40. The molecular formula is C15H18BrN3O2. The van der Waals surface area contributed by atoms with Crippen molar-refractivity contribution < 1.29 is 9.26 Å². The third-order valence-corrected chi connectivity index (χ3v) is 4.14. The summed E-state index contributed by atoms with van der Waals surface area (Å²) in [5, 5.41) is 7.28. The Labute approximate surface area is 132 Å². The number of halogens is 1. The van der Waals surface area contributed by atoms with E-state index in [1.807, 2.05) is 18.2 Å². The van der Waals surface area contributed by atoms with E-state index < -0.39 is 0 Å². The van der Waals surface area contributed by atoms with Crippen LogP contribution in [0, 0.1) is 0 Å². The zero-order valence-corrected chi connectivity index (χ0v) is 13.5. The smallest absolute Gasteiger partial charge is 0.264 e. The standard InChI is InChI=1S/C15H18BrN3O2/c1-2-17-8-11-7-12(5-6-13(11)16)20-9-14-18-15(19-21-14)10-3-4-10/h5-7,10,17H,2-4,8-9H2,1H3. The summed E-state index contributed by atoms with van der Waals surface area (Å²) in [5.74, 6) is 2.66. The predicted molar refractivity (Wildman–Crippen MR) is 82.1 cm³/mol. The molecule has 0 saturated heterocycles. The molecule has 0 bridgehead atoms. The van der Waals surface area contributed by atoms with Crippen molar-refractivity contribution in [3.63, 3.8) is 0 Å². The quantitative estimate of drug-likeness (QED) is 0.828. The maximum Gasteiger partial charge on any atom is 0.264 e. The van der Waals surface area contributed by atoms with E-state index in [1.165, 1.54) is 18.4 Å². The van der Waals surface area contributed by atoms with E-state index in [0.717, 1.165) is 29.1 Å². The Morgan fingerprint density at radius 1 is 1.43 bits per heavy atom. The third kappa shape index (κ3) is 3.83. The van der Waals surface area contributed by atoms with Crippen molar-refractivity contribution in [2.24, 2.45) is 0 Å². The largest absolute Gasteiger partial charge is 0.484 e. The Morgan fingerprint density at radius 2 is 2.29 bits per heavy atom. The second-order valence-corrected chi connectivity index (χ2v) is 6.00. The molecule has 1 N–H and O–H groups in total. The first kappa shape index (κ1) is 14.5. The van der Waals surface area contributed by atoms with Crippen molar-refractivity contribution >= 4 is 15.9 Å². The molecule has 2 aromatic rings. The first-order valence-corrected chi connectivity index (χ1v) is 8.00. The number of benzene rings is 1. The summed E-state index contributed by atoms with van der Waals surface area (Å²) in [4.78, 5) is 4.35. The molecule has 0 atom stereocenters. The molecule has 1 aromatic carbocycles. The van der Waals surface area contributed by atoms with Gasteiger partial charge in [-0.05, 0) is 43.1 Å². The van der Waals surface area contributed by atoms with Crippen molar-refractivity contribution in [2.75, 3.05) is 6.54 Å². The Kier molecular flexibility index (Phi) is 4.55. The molecule has 1 fully saturated rings. The van der Waals surface area contributed by atoms with Gasteiger partial charge in [-0.25, -0.2) is 0 Å². The normalized spacial score (nSPS) is 14.4. The maximum absolute atomic E-state index is 5.74. The summed E-state index contributed by atoms with van der Waals surface area (Å²) in [5.41, 5.74) is 1.17. The molecule has 1 heterocycles. The van der Waals surface area contributed by atoms with Gasteiger partial charge in [-0.15, -0.1) is 0 Å². The summed E-state index contributed by atoms with van der Waals surface area (Å²) in [7, 11) is 0. The summed E-state index contributed by atoms with van der Waals surface area (Å²) in [6.07, 6.45) is 2.33. The van der Waals surface area contributed by atoms with Gasteiger partial charge < -0.3 is 14.6 Å². The maximum atomic E-state index is 5.74. The fourth-order valence-corrected chi connectivity index (χ4v) is 2.40. The lowest BCUT2D eigenvalue weighted by molar-refractivity contribution is 0.242. The molecule has 6 heteroatoms. The summed E-state index contributed by atoms with van der Waals surface area (Å²) < 4.78 is 12.0. The number of nitrogens with zero attached hydrogens (tertiary/aromatic N) is 2. The molecule has 1 aliphatic rings. The fraction of sp³-hybridized carbons (Fsp3) is 0.467. The number of aromatic nitrogens is 2. The van der Waals surface area contributed by atoms with E-state index >= 15 is 0 Å². The number of hydrogen-bond acceptors (Lipinski definition) is 5. The van der Waals surface area contributed by atoms with Crippen LogP contribution in [0.2, 0.25) is 0 Å². The molecule has 1 aliphatic carbocycles. The average Bonchev–Trinajstić information content (AvgIpc) is 3.24. The molecular weight excluding hydrogens is 334 g/mol. The molecule has 3 rings (SSSR count). The minimum atomic E-state index is 0.308. The number of ether oxygens (including phenoxy) is 1. The highest BCUT2D eigenvalue weighted by molar-refractivity contribution is 9.10. The van der Waals surface area contributed by atoms with Gasteiger partial charge in [0.25, 0.3) is 5.89 Å². The van der Waals surface area contributed by atoms with Crippen molar-refractivity contribution in [3.8, 4) is 5.75 Å². The molecule has 5 nitrogen and oxygen atoms in total. The van der Waals surface area contributed by atoms with Crippen molar-refractivity contribution in [3.05, 3.63) is 40.0 Å². The van der Waals surface area contributed by atoms with Crippen molar-refractivity contribution in [1.82, 2.24) is 15.5 Å². The Balaban J connectivity index is 1.60. The van der Waals surface area contributed by atoms with Crippen LogP contribution in [-0.4, -0.2) is 16.7 Å². The molecule has 112 valence electrons. The van der Waals surface area contributed by atoms with Gasteiger partial charge in [-0.1, -0.05) is 28.0 Å². The Bertz CT molecular complexity index is 611. The van der Waals surface area contributed by atoms with Gasteiger partial charge in [0, 0.05) is 16.9 Å². The van der Waals surface area contributed by atoms with Crippen LogP contribution in [0.15, 0.2) is 27.2 Å². The van der Waals surface area contributed by atoms with E-state index in [4.69, 9.17) is 9.26 Å². The van der Waals surface area contributed by atoms with Crippen LogP contribution in [0.5, 0.6) is 5.75 Å². The molecule has 0 aliphatic heterocycles. The minimum Gasteiger partial charge on any atom is -0.484 e. The fourth-order valence-electron chi connectivity index (χ4n) is 2.02. The van der Waals surface area contributed by atoms with Gasteiger partial charge in [0.1, 0.15) is 5.75 Å². The van der Waals surface area contributed by atoms with Gasteiger partial charge >= 0.3 is 0 Å². The van der Waals surface area contributed by atoms with E-state index in [1.54, 1.807) is 0 Å². The molecule has 0 amide bonds. The first-order chi connectivity index (χ1) is 10.3.